The van der Waals surface area contributed by atoms with Gasteiger partial charge >= 0.3 is 6.18 Å². The van der Waals surface area contributed by atoms with Gasteiger partial charge in [-0.25, -0.2) is 0 Å². The van der Waals surface area contributed by atoms with Gasteiger partial charge in [0.2, 0.25) is 0 Å². The van der Waals surface area contributed by atoms with Gasteiger partial charge in [0.05, 0.1) is 16.2 Å². The Morgan fingerprint density at radius 1 is 1.08 bits per heavy atom. The molecule has 0 aliphatic carbocycles. The molecule has 0 bridgehead atoms. The molecule has 0 heterocycles. The van der Waals surface area contributed by atoms with Crippen molar-refractivity contribution in [3.63, 3.8) is 0 Å². The topological polar surface area (TPSA) is 67.2 Å². The van der Waals surface area contributed by atoms with Crippen LogP contribution in [0.2, 0.25) is 0 Å². The lowest BCUT2D eigenvalue weighted by atomic mass is 10.1. The highest BCUT2D eigenvalue weighted by Crippen LogP contribution is 2.37. The molecular weight excluding hydrogens is 355 g/mol. The van der Waals surface area contributed by atoms with E-state index in [9.17, 15) is 23.3 Å². The average molecular weight is 369 g/mol. The number of nitrogens with one attached hydrogen (secondary N) is 2. The van der Waals surface area contributed by atoms with Gasteiger partial charge in [-0.3, -0.25) is 10.1 Å². The normalized spacial score (nSPS) is 11.1. The molecule has 0 aliphatic rings. The van der Waals surface area contributed by atoms with Crippen LogP contribution in [0.25, 0.3) is 0 Å². The summed E-state index contributed by atoms with van der Waals surface area (Å²) in [5.41, 5.74) is 0.323. The molecule has 0 saturated heterocycles. The van der Waals surface area contributed by atoms with Crippen molar-refractivity contribution < 1.29 is 18.1 Å². The van der Waals surface area contributed by atoms with Crippen LogP contribution in [-0.4, -0.2) is 10.0 Å². The summed E-state index contributed by atoms with van der Waals surface area (Å²) in [6, 6.07) is 8.01. The molecule has 0 fully saturated rings. The second kappa shape index (κ2) is 7.06. The lowest BCUT2D eigenvalue weighted by Crippen LogP contribution is -2.22. The standard InChI is InChI=1S/C16H14F3N3O2S/c1-9-3-4-10(2)14(7-9)21-15(25)20-13-6-5-11(22(23)24)8-12(13)16(17,18)19/h3-8H,1-2H3,(H2,20,21,25). The summed E-state index contributed by atoms with van der Waals surface area (Å²) in [7, 11) is 0. The first kappa shape index (κ1) is 18.7. The molecule has 132 valence electrons. The number of nitrogens with zero attached hydrogens (tertiary/aromatic N) is 1. The Hall–Kier alpha value is -2.68. The number of rotatable bonds is 3. The summed E-state index contributed by atoms with van der Waals surface area (Å²) in [4.78, 5) is 9.82. The number of nitro groups is 1. The summed E-state index contributed by atoms with van der Waals surface area (Å²) >= 11 is 5.06. The van der Waals surface area contributed by atoms with Crippen molar-refractivity contribution in [1.29, 1.82) is 0 Å². The van der Waals surface area contributed by atoms with E-state index in [2.05, 4.69) is 10.6 Å². The molecule has 2 N–H and O–H groups in total. The maximum Gasteiger partial charge on any atom is 0.418 e. The van der Waals surface area contributed by atoms with Crippen molar-refractivity contribution in [2.24, 2.45) is 0 Å². The molecule has 5 nitrogen and oxygen atoms in total. The van der Waals surface area contributed by atoms with Crippen molar-refractivity contribution in [2.75, 3.05) is 10.6 Å². The minimum Gasteiger partial charge on any atom is -0.332 e. The number of thiocarbonyl (C=S) groups is 1. The zero-order valence-corrected chi connectivity index (χ0v) is 14.1. The molecule has 0 aliphatic heterocycles. The van der Waals surface area contributed by atoms with Crippen LogP contribution in [0.3, 0.4) is 0 Å². The van der Waals surface area contributed by atoms with Crippen molar-refractivity contribution in [1.82, 2.24) is 0 Å². The van der Waals surface area contributed by atoms with E-state index in [4.69, 9.17) is 12.2 Å². The fraction of sp³-hybridized carbons (Fsp3) is 0.188. The summed E-state index contributed by atoms with van der Waals surface area (Å²) < 4.78 is 39.5. The molecule has 2 rings (SSSR count). The molecule has 2 aromatic rings. The predicted octanol–water partition coefficient (Wildman–Crippen LogP) is 5.04. The minimum absolute atomic E-state index is 0.0481. The maximum atomic E-state index is 13.2. The molecule has 9 heteroatoms. The average Bonchev–Trinajstić information content (AvgIpc) is 2.50. The number of aryl methyl sites for hydroxylation is 2. The van der Waals surface area contributed by atoms with Crippen LogP contribution in [-0.2, 0) is 6.18 Å². The first-order valence-electron chi connectivity index (χ1n) is 7.09. The number of halogens is 3. The predicted molar refractivity (Wildman–Crippen MR) is 93.9 cm³/mol. The second-order valence-corrected chi connectivity index (χ2v) is 5.79. The molecule has 25 heavy (non-hydrogen) atoms. The first-order valence-corrected chi connectivity index (χ1v) is 7.49. The summed E-state index contributed by atoms with van der Waals surface area (Å²) in [6.45, 7) is 3.70. The van der Waals surface area contributed by atoms with E-state index in [1.165, 1.54) is 0 Å². The van der Waals surface area contributed by atoms with E-state index in [0.717, 1.165) is 23.3 Å². The monoisotopic (exact) mass is 369 g/mol. The summed E-state index contributed by atoms with van der Waals surface area (Å²) in [5, 5.41) is 15.9. The van der Waals surface area contributed by atoms with Crippen molar-refractivity contribution in [3.8, 4) is 0 Å². The SMILES string of the molecule is Cc1ccc(C)c(NC(=S)Nc2ccc([N+](=O)[O-])cc2C(F)(F)F)c1. The third-order valence-electron chi connectivity index (χ3n) is 3.41. The quantitative estimate of drug-likeness (QED) is 0.451. The lowest BCUT2D eigenvalue weighted by Gasteiger charge is -2.17. The van der Waals surface area contributed by atoms with E-state index < -0.39 is 22.4 Å². The van der Waals surface area contributed by atoms with Crippen molar-refractivity contribution in [3.05, 3.63) is 63.2 Å². The van der Waals surface area contributed by atoms with Gasteiger partial charge in [0.25, 0.3) is 5.69 Å². The molecule has 0 amide bonds. The molecule has 0 spiro atoms. The zero-order valence-electron chi connectivity index (χ0n) is 13.3. The molecule has 0 radical (unpaired) electrons. The van der Waals surface area contributed by atoms with Gasteiger partial charge in [-0.15, -0.1) is 0 Å². The number of alkyl halides is 3. The Morgan fingerprint density at radius 3 is 2.32 bits per heavy atom. The van der Waals surface area contributed by atoms with E-state index in [1.54, 1.807) is 0 Å². The summed E-state index contributed by atoms with van der Waals surface area (Å²) in [6.07, 6.45) is -4.76. The number of non-ortho nitro benzene ring substituents is 1. The highest BCUT2D eigenvalue weighted by Gasteiger charge is 2.35. The van der Waals surface area contributed by atoms with E-state index in [1.807, 2.05) is 32.0 Å². The van der Waals surface area contributed by atoms with E-state index in [0.29, 0.717) is 11.8 Å². The van der Waals surface area contributed by atoms with Crippen LogP contribution in [0.4, 0.5) is 30.2 Å². The number of nitro benzene ring substituents is 1. The Balaban J connectivity index is 2.28. The Labute approximate surface area is 147 Å². The fourth-order valence-corrected chi connectivity index (χ4v) is 2.36. The van der Waals surface area contributed by atoms with Gasteiger partial charge in [-0.1, -0.05) is 12.1 Å². The van der Waals surface area contributed by atoms with Crippen LogP contribution >= 0.6 is 12.2 Å². The number of hydrogen-bond donors (Lipinski definition) is 2. The largest absolute Gasteiger partial charge is 0.418 e. The van der Waals surface area contributed by atoms with Gasteiger partial charge < -0.3 is 10.6 Å². The lowest BCUT2D eigenvalue weighted by molar-refractivity contribution is -0.385. The molecule has 0 aromatic heterocycles. The highest BCUT2D eigenvalue weighted by molar-refractivity contribution is 7.80. The molecule has 0 atom stereocenters. The van der Waals surface area contributed by atoms with Crippen LogP contribution < -0.4 is 10.6 Å². The van der Waals surface area contributed by atoms with Crippen LogP contribution in [0, 0.1) is 24.0 Å². The Morgan fingerprint density at radius 2 is 1.72 bits per heavy atom. The third kappa shape index (κ3) is 4.66. The number of hydrogen-bond acceptors (Lipinski definition) is 3. The molecule has 2 aromatic carbocycles. The summed E-state index contributed by atoms with van der Waals surface area (Å²) in [5.74, 6) is 0. The minimum atomic E-state index is -4.76. The molecular formula is C16H14F3N3O2S. The second-order valence-electron chi connectivity index (χ2n) is 5.38. The first-order chi connectivity index (χ1) is 11.6. The molecule has 0 saturated carbocycles. The Bertz CT molecular complexity index is 838. The van der Waals surface area contributed by atoms with Gasteiger partial charge in [-0.05, 0) is 49.3 Å². The van der Waals surface area contributed by atoms with Gasteiger partial charge in [0.15, 0.2) is 5.11 Å². The third-order valence-corrected chi connectivity index (χ3v) is 3.61. The van der Waals surface area contributed by atoms with Crippen LogP contribution in [0.5, 0.6) is 0 Å². The Kier molecular flexibility index (Phi) is 5.27. The maximum absolute atomic E-state index is 13.2. The van der Waals surface area contributed by atoms with Gasteiger partial charge in [0.1, 0.15) is 0 Å². The highest BCUT2D eigenvalue weighted by atomic mass is 32.1. The number of anilines is 2. The van der Waals surface area contributed by atoms with Crippen LogP contribution in [0.15, 0.2) is 36.4 Å². The smallest absolute Gasteiger partial charge is 0.332 e. The van der Waals surface area contributed by atoms with Gasteiger partial charge in [-0.2, -0.15) is 13.2 Å². The fourth-order valence-electron chi connectivity index (χ4n) is 2.14. The molecule has 0 unspecified atom stereocenters. The number of benzene rings is 2. The van der Waals surface area contributed by atoms with E-state index in [-0.39, 0.29) is 10.8 Å². The van der Waals surface area contributed by atoms with Crippen molar-refractivity contribution >= 4 is 34.4 Å². The van der Waals surface area contributed by atoms with Gasteiger partial charge in [0, 0.05) is 17.8 Å². The van der Waals surface area contributed by atoms with Crippen molar-refractivity contribution in [2.45, 2.75) is 20.0 Å². The van der Waals surface area contributed by atoms with Crippen LogP contribution in [0.1, 0.15) is 16.7 Å². The van der Waals surface area contributed by atoms with E-state index >= 15 is 0 Å². The zero-order chi connectivity index (χ0) is 18.8.